The molecule has 0 amide bonds. The van der Waals surface area contributed by atoms with Gasteiger partial charge in [0, 0.05) is 44.3 Å². The Balaban J connectivity index is 1.37. The Morgan fingerprint density at radius 1 is 1.22 bits per heavy atom. The molecule has 0 aliphatic carbocycles. The van der Waals surface area contributed by atoms with E-state index >= 15 is 0 Å². The second kappa shape index (κ2) is 6.34. The summed E-state index contributed by atoms with van der Waals surface area (Å²) in [7, 11) is 0. The maximum atomic E-state index is 4.62. The molecule has 1 atom stereocenters. The Hall–Kier alpha value is -2.47. The molecular formula is C17H20N6. The molecule has 1 fully saturated rings. The van der Waals surface area contributed by atoms with Gasteiger partial charge in [-0.25, -0.2) is 4.98 Å². The highest BCUT2D eigenvalue weighted by Gasteiger charge is 2.25. The molecule has 3 aromatic rings. The zero-order valence-electron chi connectivity index (χ0n) is 13.0. The van der Waals surface area contributed by atoms with E-state index in [4.69, 9.17) is 0 Å². The third-order valence-corrected chi connectivity index (χ3v) is 4.33. The van der Waals surface area contributed by atoms with Crippen LogP contribution in [-0.2, 0) is 6.54 Å². The summed E-state index contributed by atoms with van der Waals surface area (Å²) in [4.78, 5) is 6.97. The van der Waals surface area contributed by atoms with E-state index in [2.05, 4.69) is 36.0 Å². The van der Waals surface area contributed by atoms with Crippen LogP contribution in [0.4, 0.5) is 5.82 Å². The number of nitrogens with one attached hydrogen (secondary N) is 1. The lowest BCUT2D eigenvalue weighted by Crippen LogP contribution is -2.38. The van der Waals surface area contributed by atoms with Gasteiger partial charge in [0.15, 0.2) is 5.82 Å². The molecule has 1 aliphatic rings. The molecule has 1 aliphatic heterocycles. The Bertz CT molecular complexity index is 736. The summed E-state index contributed by atoms with van der Waals surface area (Å²) in [6.45, 7) is 2.77. The molecule has 0 bridgehead atoms. The molecule has 6 nitrogen and oxygen atoms in total. The summed E-state index contributed by atoms with van der Waals surface area (Å²) in [5.74, 6) is 0.976. The number of fused-ring (bicyclic) bond motifs is 1. The topological polar surface area (TPSA) is 58.4 Å². The normalized spacial score (nSPS) is 17.9. The van der Waals surface area contributed by atoms with Crippen molar-refractivity contribution in [3.05, 3.63) is 54.6 Å². The van der Waals surface area contributed by atoms with Crippen LogP contribution in [0.25, 0.3) is 5.65 Å². The van der Waals surface area contributed by atoms with Gasteiger partial charge in [0.1, 0.15) is 5.65 Å². The number of nitrogens with zero attached hydrogens (tertiary/aromatic N) is 5. The number of rotatable bonds is 5. The van der Waals surface area contributed by atoms with Gasteiger partial charge in [0.2, 0.25) is 0 Å². The van der Waals surface area contributed by atoms with Crippen molar-refractivity contribution >= 4 is 11.5 Å². The van der Waals surface area contributed by atoms with E-state index in [-0.39, 0.29) is 0 Å². The molecule has 0 radical (unpaired) electrons. The van der Waals surface area contributed by atoms with Crippen LogP contribution in [0.2, 0.25) is 0 Å². The third-order valence-electron chi connectivity index (χ3n) is 4.33. The van der Waals surface area contributed by atoms with Crippen LogP contribution in [0.1, 0.15) is 18.5 Å². The summed E-state index contributed by atoms with van der Waals surface area (Å²) >= 11 is 0. The zero-order chi connectivity index (χ0) is 15.5. The van der Waals surface area contributed by atoms with Crippen LogP contribution in [0.3, 0.4) is 0 Å². The van der Waals surface area contributed by atoms with Crippen LogP contribution < -0.4 is 10.2 Å². The van der Waals surface area contributed by atoms with Crippen molar-refractivity contribution in [3.63, 3.8) is 0 Å². The van der Waals surface area contributed by atoms with Crippen LogP contribution in [0, 0.1) is 0 Å². The highest BCUT2D eigenvalue weighted by Crippen LogP contribution is 2.22. The summed E-state index contributed by atoms with van der Waals surface area (Å²) < 4.78 is 2.05. The third kappa shape index (κ3) is 3.03. The van der Waals surface area contributed by atoms with Crippen molar-refractivity contribution in [3.8, 4) is 0 Å². The number of imidazole rings is 1. The van der Waals surface area contributed by atoms with E-state index in [0.29, 0.717) is 6.04 Å². The van der Waals surface area contributed by atoms with E-state index in [0.717, 1.165) is 36.8 Å². The van der Waals surface area contributed by atoms with Crippen LogP contribution in [0.15, 0.2) is 48.9 Å². The van der Waals surface area contributed by atoms with Crippen LogP contribution >= 0.6 is 0 Å². The number of pyridine rings is 1. The van der Waals surface area contributed by atoms with E-state index in [1.165, 1.54) is 12.8 Å². The lowest BCUT2D eigenvalue weighted by atomic mass is 10.2. The van der Waals surface area contributed by atoms with E-state index in [1.54, 1.807) is 6.20 Å². The van der Waals surface area contributed by atoms with E-state index in [9.17, 15) is 0 Å². The first-order chi connectivity index (χ1) is 11.4. The van der Waals surface area contributed by atoms with Crippen molar-refractivity contribution in [2.24, 2.45) is 0 Å². The quantitative estimate of drug-likeness (QED) is 0.780. The minimum Gasteiger partial charge on any atom is -0.351 e. The molecule has 0 aromatic carbocycles. The molecule has 3 aromatic heterocycles. The number of hydrogen-bond acceptors (Lipinski definition) is 5. The lowest BCUT2D eigenvalue weighted by Gasteiger charge is -2.25. The smallest absolute Gasteiger partial charge is 0.151 e. The van der Waals surface area contributed by atoms with Gasteiger partial charge in [-0.1, -0.05) is 6.07 Å². The summed E-state index contributed by atoms with van der Waals surface area (Å²) in [5.41, 5.74) is 2.06. The van der Waals surface area contributed by atoms with E-state index < -0.39 is 0 Å². The SMILES string of the molecule is c1cnnc(N2CCC[C@H]2CNCc2cn3ccccc3n2)c1. The zero-order valence-corrected chi connectivity index (χ0v) is 13.0. The Labute approximate surface area is 135 Å². The van der Waals surface area contributed by atoms with Crippen molar-refractivity contribution in [2.75, 3.05) is 18.0 Å². The maximum Gasteiger partial charge on any atom is 0.151 e. The molecule has 6 heteroatoms. The minimum atomic E-state index is 0.476. The molecule has 4 heterocycles. The molecule has 118 valence electrons. The van der Waals surface area contributed by atoms with Gasteiger partial charge in [0.05, 0.1) is 5.69 Å². The largest absolute Gasteiger partial charge is 0.351 e. The predicted octanol–water partition coefficient (Wildman–Crippen LogP) is 1.88. The molecule has 4 rings (SSSR count). The maximum absolute atomic E-state index is 4.62. The number of hydrogen-bond donors (Lipinski definition) is 1. The van der Waals surface area contributed by atoms with Crippen molar-refractivity contribution in [2.45, 2.75) is 25.4 Å². The second-order valence-electron chi connectivity index (χ2n) is 5.90. The van der Waals surface area contributed by atoms with Gasteiger partial charge in [-0.2, -0.15) is 5.10 Å². The minimum absolute atomic E-state index is 0.476. The van der Waals surface area contributed by atoms with E-state index in [1.807, 2.05) is 36.5 Å². The Morgan fingerprint density at radius 2 is 2.22 bits per heavy atom. The first-order valence-electron chi connectivity index (χ1n) is 8.08. The Morgan fingerprint density at radius 3 is 3.09 bits per heavy atom. The van der Waals surface area contributed by atoms with Gasteiger partial charge in [-0.05, 0) is 37.1 Å². The van der Waals surface area contributed by atoms with Crippen LogP contribution in [-0.4, -0.2) is 38.7 Å². The number of anilines is 1. The molecule has 0 unspecified atom stereocenters. The second-order valence-corrected chi connectivity index (χ2v) is 5.90. The standard InChI is InChI=1S/C17H20N6/c1-2-9-22-13-14(20-16(22)6-1)11-18-12-15-5-4-10-23(15)17-7-3-8-19-21-17/h1-3,6-9,13,15,18H,4-5,10-12H2/t15-/m0/s1. The predicted molar refractivity (Wildman–Crippen MR) is 89.3 cm³/mol. The van der Waals surface area contributed by atoms with Gasteiger partial charge in [-0.3, -0.25) is 0 Å². The first kappa shape index (κ1) is 14.1. The lowest BCUT2D eigenvalue weighted by molar-refractivity contribution is 0.566. The van der Waals surface area contributed by atoms with Gasteiger partial charge >= 0.3 is 0 Å². The monoisotopic (exact) mass is 308 g/mol. The van der Waals surface area contributed by atoms with Crippen LogP contribution in [0.5, 0.6) is 0 Å². The molecule has 0 saturated carbocycles. The average Bonchev–Trinajstić information content (AvgIpc) is 3.22. The average molecular weight is 308 g/mol. The summed E-state index contributed by atoms with van der Waals surface area (Å²) in [6.07, 6.45) is 8.22. The number of aromatic nitrogens is 4. The van der Waals surface area contributed by atoms with Gasteiger partial charge in [-0.15, -0.1) is 5.10 Å². The van der Waals surface area contributed by atoms with Crippen molar-refractivity contribution < 1.29 is 0 Å². The van der Waals surface area contributed by atoms with Crippen molar-refractivity contribution in [1.29, 1.82) is 0 Å². The highest BCUT2D eigenvalue weighted by molar-refractivity contribution is 5.40. The van der Waals surface area contributed by atoms with Gasteiger partial charge in [0.25, 0.3) is 0 Å². The molecule has 1 N–H and O–H groups in total. The fraction of sp³-hybridized carbons (Fsp3) is 0.353. The highest BCUT2D eigenvalue weighted by atomic mass is 15.3. The molecular weight excluding hydrogens is 288 g/mol. The Kier molecular flexibility index (Phi) is 3.90. The molecule has 0 spiro atoms. The fourth-order valence-electron chi connectivity index (χ4n) is 3.24. The molecule has 1 saturated heterocycles. The van der Waals surface area contributed by atoms with Crippen molar-refractivity contribution in [1.82, 2.24) is 24.9 Å². The summed E-state index contributed by atoms with van der Waals surface area (Å²) in [6, 6.07) is 10.5. The van der Waals surface area contributed by atoms with Gasteiger partial charge < -0.3 is 14.6 Å². The fourth-order valence-corrected chi connectivity index (χ4v) is 3.24. The summed E-state index contributed by atoms with van der Waals surface area (Å²) in [5, 5.41) is 11.8. The molecule has 23 heavy (non-hydrogen) atoms. The first-order valence-corrected chi connectivity index (χ1v) is 8.08.